The van der Waals surface area contributed by atoms with E-state index in [1.165, 1.54) is 0 Å². The van der Waals surface area contributed by atoms with Gasteiger partial charge in [0.05, 0.1) is 42.7 Å². The van der Waals surface area contributed by atoms with Crippen LogP contribution in [0.15, 0.2) is 150 Å². The Hall–Kier alpha value is -6.03. The second-order valence-electron chi connectivity index (χ2n) is 11.8. The fourth-order valence-electron chi connectivity index (χ4n) is 4.91. The Morgan fingerprint density at radius 2 is 0.542 bits per heavy atom. The highest BCUT2D eigenvalue weighted by Gasteiger charge is 2.38. The van der Waals surface area contributed by atoms with Crippen LogP contribution in [0.25, 0.3) is 0 Å². The number of ether oxygens (including phenoxy) is 6. The molecule has 6 rings (SSSR count). The van der Waals surface area contributed by atoms with Crippen molar-refractivity contribution in [2.24, 2.45) is 4.52 Å². The van der Waals surface area contributed by atoms with Crippen LogP contribution in [-0.2, 0) is 0 Å². The fraction of sp³-hybridized carbons (Fsp3) is 0.143. The average molecular weight is 861 g/mol. The van der Waals surface area contributed by atoms with Gasteiger partial charge in [0.25, 0.3) is 0 Å². The molecule has 6 aromatic carbocycles. The topological polar surface area (TPSA) is 135 Å². The fourth-order valence-corrected chi connectivity index (χ4v) is 10.4. The third-order valence-electron chi connectivity index (χ3n) is 7.96. The van der Waals surface area contributed by atoms with Crippen molar-refractivity contribution in [2.45, 2.75) is 0 Å². The minimum Gasteiger partial charge on any atom is -0.497 e. The summed E-state index contributed by atoms with van der Waals surface area (Å²) < 4.78 is 77.5. The molecule has 0 aliphatic rings. The van der Waals surface area contributed by atoms with Gasteiger partial charge in [0.15, 0.2) is 0 Å². The smallest absolute Gasteiger partial charge is 0.443 e. The van der Waals surface area contributed by atoms with Gasteiger partial charge in [-0.3, -0.25) is 0 Å². The summed E-state index contributed by atoms with van der Waals surface area (Å²) in [6, 6.07) is 42.1. The molecule has 0 saturated heterocycles. The van der Waals surface area contributed by atoms with Crippen molar-refractivity contribution >= 4 is 24.7 Å². The van der Waals surface area contributed by atoms with Gasteiger partial charge in [-0.25, -0.2) is 0 Å². The number of hydrogen-bond acceptors (Lipinski definition) is 13. The maximum absolute atomic E-state index is 6.88. The maximum atomic E-state index is 6.88. The van der Waals surface area contributed by atoms with Crippen LogP contribution in [0, 0.1) is 0 Å². The summed E-state index contributed by atoms with van der Waals surface area (Å²) in [6.07, 6.45) is 0. The Labute approximate surface area is 345 Å². The first kappa shape index (κ1) is 42.6. The number of hydrogen-bond donors (Lipinski definition) is 1. The predicted molar refractivity (Wildman–Crippen MR) is 228 cm³/mol. The van der Waals surface area contributed by atoms with Crippen LogP contribution in [-0.4, -0.2) is 42.7 Å². The highest BCUT2D eigenvalue weighted by molar-refractivity contribution is 7.71. The molecule has 0 bridgehead atoms. The molecule has 308 valence electrons. The van der Waals surface area contributed by atoms with Gasteiger partial charge in [-0.05, 0) is 146 Å². The second kappa shape index (κ2) is 21.1. The predicted octanol–water partition coefficient (Wildman–Crippen LogP) is 11.5. The van der Waals surface area contributed by atoms with E-state index in [4.69, 9.17) is 60.1 Å². The zero-order valence-corrected chi connectivity index (χ0v) is 35.7. The summed E-state index contributed by atoms with van der Waals surface area (Å²) in [5, 5.41) is 0. The van der Waals surface area contributed by atoms with E-state index < -0.39 is 24.7 Å². The van der Waals surface area contributed by atoms with E-state index in [-0.39, 0.29) is 0 Å². The van der Waals surface area contributed by atoms with Crippen LogP contribution in [0.1, 0.15) is 0 Å². The van der Waals surface area contributed by atoms with E-state index in [1.807, 2.05) is 0 Å². The van der Waals surface area contributed by atoms with Gasteiger partial charge in [-0.2, -0.15) is 0 Å². The Kier molecular flexibility index (Phi) is 15.2. The molecular weight excluding hydrogens is 817 g/mol. The van der Waals surface area contributed by atoms with Crippen molar-refractivity contribution in [3.63, 3.8) is 0 Å². The molecule has 59 heavy (non-hydrogen) atoms. The molecule has 17 heteroatoms. The van der Waals surface area contributed by atoms with Crippen LogP contribution >= 0.6 is 24.7 Å². The summed E-state index contributed by atoms with van der Waals surface area (Å²) in [7, 11) is 1.04. The summed E-state index contributed by atoms with van der Waals surface area (Å²) in [5.41, 5.74) is 0. The van der Waals surface area contributed by atoms with E-state index in [9.17, 15) is 0 Å². The lowest BCUT2D eigenvalue weighted by Crippen LogP contribution is -2.19. The van der Waals surface area contributed by atoms with Crippen LogP contribution < -0.4 is 60.4 Å². The van der Waals surface area contributed by atoms with Crippen molar-refractivity contribution in [3.8, 4) is 69.0 Å². The lowest BCUT2D eigenvalue weighted by atomic mass is 10.3. The maximum Gasteiger partial charge on any atom is 0.443 e. The molecule has 0 spiro atoms. The molecule has 0 amide bonds. The third-order valence-corrected chi connectivity index (χ3v) is 13.6. The third kappa shape index (κ3) is 12.5. The first-order chi connectivity index (χ1) is 28.8. The minimum absolute atomic E-state index is 0.372. The summed E-state index contributed by atoms with van der Waals surface area (Å²) in [6.45, 7) is 0. The van der Waals surface area contributed by atoms with Gasteiger partial charge in [0.2, 0.25) is 0 Å². The first-order valence-corrected chi connectivity index (χ1v) is 21.7. The molecule has 0 unspecified atom stereocenters. The summed E-state index contributed by atoms with van der Waals surface area (Å²) in [4.78, 5) is 3.43. The van der Waals surface area contributed by atoms with Crippen LogP contribution in [0.2, 0.25) is 0 Å². The molecule has 0 atom stereocenters. The van der Waals surface area contributed by atoms with Gasteiger partial charge in [0.1, 0.15) is 69.0 Å². The Morgan fingerprint density at radius 3 is 0.797 bits per heavy atom. The molecule has 14 nitrogen and oxygen atoms in total. The second-order valence-corrected chi connectivity index (χ2v) is 16.4. The van der Waals surface area contributed by atoms with Gasteiger partial charge >= 0.3 is 24.7 Å². The molecule has 0 saturated carbocycles. The zero-order chi connectivity index (χ0) is 41.5. The highest BCUT2D eigenvalue weighted by Crippen LogP contribution is 2.62. The van der Waals surface area contributed by atoms with Gasteiger partial charge in [0, 0.05) is 0 Å². The summed E-state index contributed by atoms with van der Waals surface area (Å²) >= 11 is 0. The Balaban J connectivity index is 1.53. The highest BCUT2D eigenvalue weighted by atomic mass is 31.3. The van der Waals surface area contributed by atoms with E-state index in [1.54, 1.807) is 188 Å². The van der Waals surface area contributed by atoms with Crippen LogP contribution in [0.3, 0.4) is 0 Å². The lowest BCUT2D eigenvalue weighted by Gasteiger charge is -2.29. The van der Waals surface area contributed by atoms with Gasteiger partial charge in [-0.1, -0.05) is 0 Å². The van der Waals surface area contributed by atoms with Gasteiger partial charge in [-0.15, -0.1) is 9.37 Å². The molecule has 0 aliphatic heterocycles. The number of benzene rings is 6. The molecule has 0 heterocycles. The monoisotopic (exact) mass is 860 g/mol. The molecule has 0 radical (unpaired) electrons. The summed E-state index contributed by atoms with van der Waals surface area (Å²) in [5.74, 6) is 6.32. The van der Waals surface area contributed by atoms with E-state index in [0.717, 1.165) is 0 Å². The molecule has 0 aliphatic carbocycles. The van der Waals surface area contributed by atoms with Crippen molar-refractivity contribution < 1.29 is 55.6 Å². The van der Waals surface area contributed by atoms with Crippen LogP contribution in [0.5, 0.6) is 69.0 Å². The number of rotatable bonds is 21. The van der Waals surface area contributed by atoms with E-state index in [2.05, 4.69) is 4.86 Å². The zero-order valence-electron chi connectivity index (χ0n) is 33.0. The van der Waals surface area contributed by atoms with E-state index >= 15 is 0 Å². The van der Waals surface area contributed by atoms with Crippen molar-refractivity contribution in [2.75, 3.05) is 42.7 Å². The molecule has 0 fully saturated rings. The van der Waals surface area contributed by atoms with Gasteiger partial charge < -0.3 is 55.6 Å². The van der Waals surface area contributed by atoms with Crippen LogP contribution in [0.4, 0.5) is 0 Å². The number of nitrogens with one attached hydrogen (secondary N) is 1. The minimum atomic E-state index is -3.96. The Bertz CT molecular complexity index is 2080. The Morgan fingerprint density at radius 1 is 0.322 bits per heavy atom. The number of methoxy groups -OCH3 is 6. The van der Waals surface area contributed by atoms with Crippen molar-refractivity contribution in [1.29, 1.82) is 0 Å². The lowest BCUT2D eigenvalue weighted by molar-refractivity contribution is 0.410. The normalized spacial score (nSPS) is 10.9. The number of nitrogens with zero attached hydrogens (tertiary/aromatic N) is 1. The van der Waals surface area contributed by atoms with E-state index in [0.29, 0.717) is 69.0 Å². The molecule has 0 aromatic heterocycles. The molecular formula is C42H43N2O12P3. The average Bonchev–Trinajstić information content (AvgIpc) is 3.28. The largest absolute Gasteiger partial charge is 0.497 e. The van der Waals surface area contributed by atoms with Crippen molar-refractivity contribution in [3.05, 3.63) is 146 Å². The van der Waals surface area contributed by atoms with Crippen molar-refractivity contribution in [1.82, 2.24) is 4.86 Å². The standard InChI is InChI=1S/C42H43N2O12P3/c1-45-31-7-19-37(20-8-31)51-57(52-38-21-9-32(46-2)10-22-38)43-59(55-41-27-15-35(49-5)16-28-41,56-42-29-17-36(50-6)18-30-42)44-58(53-39-23-11-33(47-3)12-24-39)54-40-25-13-34(48-4)14-26-40/h7-30,43H,1-6H3. The molecule has 6 aromatic rings. The quantitative estimate of drug-likeness (QED) is 0.0688. The SMILES string of the molecule is COc1ccc(OP(N=P(NP(Oc2ccc(OC)cc2)Oc2ccc(OC)cc2)(Oc2ccc(OC)cc2)Oc2ccc(OC)cc2)Oc2ccc(OC)cc2)cc1. The molecule has 1 N–H and O–H groups in total. The first-order valence-electron chi connectivity index (χ1n) is 17.8.